The largest absolute Gasteiger partial charge is 0.346 e. The van der Waals surface area contributed by atoms with E-state index in [0.717, 1.165) is 3.57 Å². The molecular weight excluding hydrogens is 288 g/mol. The molecule has 0 fully saturated rings. The molecule has 1 atom stereocenters. The normalized spacial score (nSPS) is 12.5. The molecule has 0 bridgehead atoms. The molecule has 72 valence electrons. The molecule has 0 aromatic carbocycles. The highest BCUT2D eigenvalue weighted by Crippen LogP contribution is 2.07. The Morgan fingerprint density at radius 3 is 3.08 bits per heavy atom. The first-order valence-electron chi connectivity index (χ1n) is 3.71. The number of halogens is 2. The molecule has 2 N–H and O–H groups in total. The van der Waals surface area contributed by atoms with E-state index < -0.39 is 12.7 Å². The van der Waals surface area contributed by atoms with Crippen LogP contribution in [0.15, 0.2) is 6.20 Å². The summed E-state index contributed by atoms with van der Waals surface area (Å²) in [6, 6.07) is -0.466. The lowest BCUT2D eigenvalue weighted by molar-refractivity contribution is 0.0928. The summed E-state index contributed by atoms with van der Waals surface area (Å²) < 4.78 is 12.8. The first-order valence-corrected chi connectivity index (χ1v) is 4.78. The Balaban J connectivity index is 2.64. The molecule has 1 aromatic rings. The minimum absolute atomic E-state index is 0.327. The zero-order valence-corrected chi connectivity index (χ0v) is 9.13. The molecule has 0 aliphatic carbocycles. The monoisotopic (exact) mass is 297 g/mol. The molecular formula is C7H9FIN3O. The molecule has 0 spiro atoms. The second kappa shape index (κ2) is 4.54. The summed E-state index contributed by atoms with van der Waals surface area (Å²) in [5.74, 6) is -0.327. The fourth-order valence-corrected chi connectivity index (χ4v) is 1.27. The van der Waals surface area contributed by atoms with Gasteiger partial charge >= 0.3 is 0 Å². The highest BCUT2D eigenvalue weighted by atomic mass is 127. The second-order valence-electron chi connectivity index (χ2n) is 2.62. The number of hydrogen-bond donors (Lipinski definition) is 2. The van der Waals surface area contributed by atoms with E-state index in [2.05, 4.69) is 15.5 Å². The highest BCUT2D eigenvalue weighted by molar-refractivity contribution is 14.1. The van der Waals surface area contributed by atoms with E-state index in [1.165, 1.54) is 6.20 Å². The van der Waals surface area contributed by atoms with Crippen molar-refractivity contribution in [3.63, 3.8) is 0 Å². The van der Waals surface area contributed by atoms with E-state index >= 15 is 0 Å². The van der Waals surface area contributed by atoms with Gasteiger partial charge < -0.3 is 5.32 Å². The quantitative estimate of drug-likeness (QED) is 0.821. The van der Waals surface area contributed by atoms with E-state index in [0.29, 0.717) is 5.69 Å². The predicted octanol–water partition coefficient (Wildman–Crippen LogP) is 1.10. The molecule has 0 saturated carbocycles. The van der Waals surface area contributed by atoms with Crippen molar-refractivity contribution in [2.24, 2.45) is 0 Å². The summed E-state index contributed by atoms with van der Waals surface area (Å²) >= 11 is 1.98. The van der Waals surface area contributed by atoms with Crippen LogP contribution >= 0.6 is 22.6 Å². The first kappa shape index (κ1) is 10.4. The molecule has 13 heavy (non-hydrogen) atoms. The van der Waals surface area contributed by atoms with Crippen molar-refractivity contribution in [2.75, 3.05) is 6.67 Å². The lowest BCUT2D eigenvalue weighted by Gasteiger charge is -2.08. The second-order valence-corrected chi connectivity index (χ2v) is 3.78. The van der Waals surface area contributed by atoms with Crippen LogP contribution in [0.3, 0.4) is 0 Å². The van der Waals surface area contributed by atoms with Gasteiger partial charge in [-0.2, -0.15) is 5.10 Å². The van der Waals surface area contributed by atoms with Gasteiger partial charge in [-0.05, 0) is 29.5 Å². The van der Waals surface area contributed by atoms with Gasteiger partial charge in [-0.1, -0.05) is 0 Å². The maximum atomic E-state index is 12.0. The van der Waals surface area contributed by atoms with Crippen LogP contribution < -0.4 is 5.32 Å². The summed E-state index contributed by atoms with van der Waals surface area (Å²) in [6.07, 6.45) is 1.54. The van der Waals surface area contributed by atoms with Crippen molar-refractivity contribution >= 4 is 28.5 Å². The Morgan fingerprint density at radius 2 is 2.62 bits per heavy atom. The zero-order valence-electron chi connectivity index (χ0n) is 6.97. The summed E-state index contributed by atoms with van der Waals surface area (Å²) in [5, 5.41) is 8.71. The molecule has 4 nitrogen and oxygen atoms in total. The van der Waals surface area contributed by atoms with Crippen molar-refractivity contribution in [1.82, 2.24) is 15.5 Å². The summed E-state index contributed by atoms with van der Waals surface area (Å²) in [4.78, 5) is 11.3. The maximum absolute atomic E-state index is 12.0. The molecule has 0 radical (unpaired) electrons. The number of aromatic nitrogens is 2. The number of amides is 1. The Morgan fingerprint density at radius 1 is 1.92 bits per heavy atom. The lowest BCUT2D eigenvalue weighted by Crippen LogP contribution is -2.34. The van der Waals surface area contributed by atoms with E-state index in [1.807, 2.05) is 22.6 Å². The summed E-state index contributed by atoms with van der Waals surface area (Å²) in [6.45, 7) is 1.03. The Kier molecular flexibility index (Phi) is 3.64. The Labute approximate surface area is 88.4 Å². The van der Waals surface area contributed by atoms with E-state index in [9.17, 15) is 9.18 Å². The highest BCUT2D eigenvalue weighted by Gasteiger charge is 2.13. The fraction of sp³-hybridized carbons (Fsp3) is 0.429. The van der Waals surface area contributed by atoms with Gasteiger partial charge in [0.05, 0.1) is 15.8 Å². The van der Waals surface area contributed by atoms with Gasteiger partial charge in [-0.3, -0.25) is 9.89 Å². The number of carbonyl (C=O) groups excluding carboxylic acids is 1. The molecule has 1 rings (SSSR count). The number of hydrogen-bond acceptors (Lipinski definition) is 2. The standard InChI is InChI=1S/C7H9FIN3O/c1-4(2-8)11-7(13)6-5(9)3-10-12-6/h3-4H,2H2,1H3,(H,10,12)(H,11,13). The van der Waals surface area contributed by atoms with Gasteiger partial charge in [-0.25, -0.2) is 4.39 Å². The van der Waals surface area contributed by atoms with Crippen LogP contribution in [0.2, 0.25) is 0 Å². The van der Waals surface area contributed by atoms with Gasteiger partial charge in [0.15, 0.2) is 0 Å². The molecule has 1 unspecified atom stereocenters. The third-order valence-corrected chi connectivity index (χ3v) is 2.25. The minimum atomic E-state index is -0.573. The van der Waals surface area contributed by atoms with Gasteiger partial charge in [-0.15, -0.1) is 0 Å². The van der Waals surface area contributed by atoms with Crippen LogP contribution in [0.4, 0.5) is 4.39 Å². The van der Waals surface area contributed by atoms with Crippen molar-refractivity contribution in [2.45, 2.75) is 13.0 Å². The number of rotatable bonds is 3. The zero-order chi connectivity index (χ0) is 9.84. The summed E-state index contributed by atoms with van der Waals surface area (Å²) in [7, 11) is 0. The molecule has 0 saturated heterocycles. The maximum Gasteiger partial charge on any atom is 0.270 e. The van der Waals surface area contributed by atoms with Gasteiger partial charge in [0.2, 0.25) is 0 Å². The van der Waals surface area contributed by atoms with E-state index in [-0.39, 0.29) is 5.91 Å². The smallest absolute Gasteiger partial charge is 0.270 e. The van der Waals surface area contributed by atoms with Crippen molar-refractivity contribution < 1.29 is 9.18 Å². The van der Waals surface area contributed by atoms with Gasteiger partial charge in [0, 0.05) is 0 Å². The van der Waals surface area contributed by atoms with E-state index in [4.69, 9.17) is 0 Å². The van der Waals surface area contributed by atoms with Gasteiger partial charge in [0.25, 0.3) is 5.91 Å². The average Bonchev–Trinajstić information content (AvgIpc) is 2.51. The van der Waals surface area contributed by atoms with E-state index in [1.54, 1.807) is 6.92 Å². The van der Waals surface area contributed by atoms with Crippen LogP contribution in [0.1, 0.15) is 17.4 Å². The van der Waals surface area contributed by atoms with Gasteiger partial charge in [0.1, 0.15) is 12.4 Å². The fourth-order valence-electron chi connectivity index (χ4n) is 0.765. The lowest BCUT2D eigenvalue weighted by atomic mass is 10.3. The molecule has 1 aromatic heterocycles. The number of nitrogens with zero attached hydrogens (tertiary/aromatic N) is 1. The van der Waals surface area contributed by atoms with Crippen molar-refractivity contribution in [1.29, 1.82) is 0 Å². The third-order valence-electron chi connectivity index (χ3n) is 1.43. The third kappa shape index (κ3) is 2.64. The first-order chi connectivity index (χ1) is 6.15. The Bertz CT molecular complexity index is 302. The molecule has 1 heterocycles. The predicted molar refractivity (Wildman–Crippen MR) is 54.2 cm³/mol. The van der Waals surface area contributed by atoms with Crippen molar-refractivity contribution in [3.8, 4) is 0 Å². The number of H-pyrrole nitrogens is 1. The van der Waals surface area contributed by atoms with Crippen LogP contribution in [0.25, 0.3) is 0 Å². The van der Waals surface area contributed by atoms with Crippen LogP contribution in [-0.4, -0.2) is 28.8 Å². The van der Waals surface area contributed by atoms with Crippen LogP contribution in [0, 0.1) is 3.57 Å². The molecule has 6 heteroatoms. The SMILES string of the molecule is CC(CF)NC(=O)c1[nH]ncc1I. The topological polar surface area (TPSA) is 57.8 Å². The molecule has 1 amide bonds. The number of aromatic amines is 1. The van der Waals surface area contributed by atoms with Crippen molar-refractivity contribution in [3.05, 3.63) is 15.5 Å². The van der Waals surface area contributed by atoms with Crippen LogP contribution in [0.5, 0.6) is 0 Å². The van der Waals surface area contributed by atoms with Crippen LogP contribution in [-0.2, 0) is 0 Å². The summed E-state index contributed by atoms with van der Waals surface area (Å²) in [5.41, 5.74) is 0.376. The molecule has 0 aliphatic heterocycles. The average molecular weight is 297 g/mol. The molecule has 0 aliphatic rings. The minimum Gasteiger partial charge on any atom is -0.346 e. The number of alkyl halides is 1. The number of nitrogens with one attached hydrogen (secondary N) is 2. The number of carbonyl (C=O) groups is 1. The Hall–Kier alpha value is -0.660.